The summed E-state index contributed by atoms with van der Waals surface area (Å²) in [7, 11) is 3.86. The summed E-state index contributed by atoms with van der Waals surface area (Å²) in [5.41, 5.74) is 4.06. The minimum absolute atomic E-state index is 0.129. The first-order valence-electron chi connectivity index (χ1n) is 12.4. The fourth-order valence-corrected chi connectivity index (χ4v) is 5.49. The summed E-state index contributed by atoms with van der Waals surface area (Å²) < 4.78 is 21.3. The Hall–Kier alpha value is -2.09. The lowest BCUT2D eigenvalue weighted by molar-refractivity contribution is 0.189. The van der Waals surface area contributed by atoms with Gasteiger partial charge >= 0.3 is 0 Å². The second-order valence-electron chi connectivity index (χ2n) is 9.20. The van der Waals surface area contributed by atoms with E-state index in [1.54, 1.807) is 18.9 Å². The Kier molecular flexibility index (Phi) is 8.86. The van der Waals surface area contributed by atoms with Crippen molar-refractivity contribution in [2.24, 2.45) is 0 Å². The molecule has 2 aromatic rings. The zero-order chi connectivity index (χ0) is 23.9. The highest BCUT2D eigenvalue weighted by Crippen LogP contribution is 2.35. The van der Waals surface area contributed by atoms with Crippen molar-refractivity contribution in [2.45, 2.75) is 68.9 Å². The number of hydrogen-bond acceptors (Lipinski definition) is 5. The van der Waals surface area contributed by atoms with Gasteiger partial charge in [-0.15, -0.1) is 0 Å². The van der Waals surface area contributed by atoms with Crippen molar-refractivity contribution in [2.75, 3.05) is 27.0 Å². The average molecular weight is 485 g/mol. The maximum absolute atomic E-state index is 13.7. The summed E-state index contributed by atoms with van der Waals surface area (Å²) in [6.07, 6.45) is 17.5. The second kappa shape index (κ2) is 12.0. The van der Waals surface area contributed by atoms with E-state index in [0.717, 1.165) is 40.6 Å². The van der Waals surface area contributed by atoms with E-state index in [1.807, 2.05) is 12.1 Å². The number of allylic oxidation sites excluding steroid dienone is 2. The number of halogens is 1. The van der Waals surface area contributed by atoms with E-state index in [2.05, 4.69) is 46.4 Å². The van der Waals surface area contributed by atoms with Crippen molar-refractivity contribution < 1.29 is 9.13 Å². The van der Waals surface area contributed by atoms with Crippen LogP contribution in [0, 0.1) is 5.82 Å². The molecule has 34 heavy (non-hydrogen) atoms. The van der Waals surface area contributed by atoms with Crippen LogP contribution in [0.25, 0.3) is 16.8 Å². The lowest BCUT2D eigenvalue weighted by Gasteiger charge is -2.33. The molecule has 2 heterocycles. The van der Waals surface area contributed by atoms with E-state index in [0.29, 0.717) is 12.6 Å². The van der Waals surface area contributed by atoms with Crippen LogP contribution in [0.4, 0.5) is 4.39 Å². The molecule has 1 unspecified atom stereocenters. The van der Waals surface area contributed by atoms with Crippen LogP contribution in [0.5, 0.6) is 0 Å². The predicted molar refractivity (Wildman–Crippen MR) is 139 cm³/mol. The quantitative estimate of drug-likeness (QED) is 0.271. The van der Waals surface area contributed by atoms with Gasteiger partial charge in [-0.2, -0.15) is 0 Å². The Morgan fingerprint density at radius 2 is 1.88 bits per heavy atom. The van der Waals surface area contributed by atoms with Gasteiger partial charge in [0.05, 0.1) is 17.6 Å². The van der Waals surface area contributed by atoms with Gasteiger partial charge in [-0.3, -0.25) is 5.32 Å². The highest BCUT2D eigenvalue weighted by atomic mass is 32.2. The second-order valence-corrected chi connectivity index (χ2v) is 9.98. The Balaban J connectivity index is 1.72. The van der Waals surface area contributed by atoms with E-state index >= 15 is 0 Å². The van der Waals surface area contributed by atoms with E-state index in [4.69, 9.17) is 9.72 Å². The first-order chi connectivity index (χ1) is 16.6. The van der Waals surface area contributed by atoms with Gasteiger partial charge in [-0.25, -0.2) is 9.37 Å². The van der Waals surface area contributed by atoms with Crippen LogP contribution in [0.2, 0.25) is 0 Å². The topological polar surface area (TPSA) is 42.3 Å². The van der Waals surface area contributed by atoms with Gasteiger partial charge in [-0.1, -0.05) is 37.4 Å². The molecule has 0 spiro atoms. The lowest BCUT2D eigenvalue weighted by atomic mass is 10.0. The third-order valence-corrected chi connectivity index (χ3v) is 7.44. The first kappa shape index (κ1) is 25.0. The minimum Gasteiger partial charge on any atom is -0.385 e. The van der Waals surface area contributed by atoms with E-state index < -0.39 is 0 Å². The van der Waals surface area contributed by atoms with Crippen molar-refractivity contribution in [1.82, 2.24) is 19.8 Å². The largest absolute Gasteiger partial charge is 0.385 e. The zero-order valence-corrected chi connectivity index (χ0v) is 21.4. The van der Waals surface area contributed by atoms with Crippen LogP contribution in [0.3, 0.4) is 0 Å². The number of methoxy groups -OCH3 is 1. The number of rotatable bonds is 9. The Morgan fingerprint density at radius 1 is 1.15 bits per heavy atom. The number of imidazole rings is 1. The first-order valence-corrected chi connectivity index (χ1v) is 13.6. The molecule has 7 heteroatoms. The van der Waals surface area contributed by atoms with Crippen LogP contribution in [-0.4, -0.2) is 53.7 Å². The van der Waals surface area contributed by atoms with E-state index in [9.17, 15) is 4.39 Å². The molecular formula is C27H37FN4OS. The Bertz CT molecular complexity index is 993. The number of likely N-dealkylation sites (N-methyl/N-ethyl adjacent to an activating group) is 1. The predicted octanol–water partition coefficient (Wildman–Crippen LogP) is 5.93. The zero-order valence-electron chi connectivity index (χ0n) is 20.6. The maximum Gasteiger partial charge on any atom is 0.168 e. The number of thioether (sulfide) groups is 1. The molecular weight excluding hydrogens is 447 g/mol. The van der Waals surface area contributed by atoms with Gasteiger partial charge in [0.25, 0.3) is 0 Å². The highest BCUT2D eigenvalue weighted by Gasteiger charge is 2.25. The van der Waals surface area contributed by atoms with Crippen LogP contribution in [0.15, 0.2) is 47.8 Å². The SMILES string of the molecule is COCCCn1c(SC)nc(-c2ccc(F)cc2)c1C1=CC(NC2CCCCCC2)N(C)C=C1. The number of hydrogen-bond donors (Lipinski definition) is 1. The fraction of sp³-hybridized carbons (Fsp3) is 0.519. The third-order valence-electron chi connectivity index (χ3n) is 6.76. The Morgan fingerprint density at radius 3 is 2.56 bits per heavy atom. The summed E-state index contributed by atoms with van der Waals surface area (Å²) in [6.45, 7) is 1.51. The molecule has 1 aromatic carbocycles. The summed E-state index contributed by atoms with van der Waals surface area (Å²) >= 11 is 1.64. The van der Waals surface area contributed by atoms with Crippen LogP contribution < -0.4 is 5.32 Å². The monoisotopic (exact) mass is 484 g/mol. The standard InChI is InChI=1S/C27H37FN4OS/c1-31-17-15-21(19-24(31)29-23-9-6-4-5-7-10-23)26-25(20-11-13-22(28)14-12-20)30-27(34-3)32(26)16-8-18-33-2/h11-15,17,19,23-24,29H,4-10,16,18H2,1-3H3. The molecule has 0 saturated heterocycles. The van der Waals surface area contributed by atoms with Crippen LogP contribution >= 0.6 is 11.8 Å². The number of aromatic nitrogens is 2. The fourth-order valence-electron chi connectivity index (χ4n) is 4.91. The molecule has 1 saturated carbocycles. The minimum atomic E-state index is -0.235. The van der Waals surface area contributed by atoms with E-state index in [-0.39, 0.29) is 12.0 Å². The molecule has 1 fully saturated rings. The molecule has 5 nitrogen and oxygen atoms in total. The average Bonchev–Trinajstić information content (AvgIpc) is 3.01. The summed E-state index contributed by atoms with van der Waals surface area (Å²) in [5, 5.41) is 4.87. The van der Waals surface area contributed by atoms with Crippen molar-refractivity contribution >= 4 is 17.3 Å². The number of nitrogens with one attached hydrogen (secondary N) is 1. The maximum atomic E-state index is 13.7. The van der Waals surface area contributed by atoms with E-state index in [1.165, 1.54) is 50.7 Å². The van der Waals surface area contributed by atoms with Gasteiger partial charge in [0.1, 0.15) is 5.82 Å². The number of nitrogens with zero attached hydrogens (tertiary/aromatic N) is 3. The van der Waals surface area contributed by atoms with Gasteiger partial charge < -0.3 is 14.2 Å². The number of ether oxygens (including phenoxy) is 1. The van der Waals surface area contributed by atoms with Crippen molar-refractivity contribution in [3.05, 3.63) is 54.1 Å². The molecule has 1 aliphatic heterocycles. The molecule has 184 valence electrons. The molecule has 0 radical (unpaired) electrons. The molecule has 1 N–H and O–H groups in total. The van der Waals surface area contributed by atoms with Crippen molar-refractivity contribution in [3.8, 4) is 11.3 Å². The van der Waals surface area contributed by atoms with Gasteiger partial charge in [0.2, 0.25) is 0 Å². The summed E-state index contributed by atoms with van der Waals surface area (Å²) in [6, 6.07) is 7.22. The van der Waals surface area contributed by atoms with Gasteiger partial charge in [0.15, 0.2) is 5.16 Å². The molecule has 1 aliphatic carbocycles. The molecule has 0 bridgehead atoms. The third kappa shape index (κ3) is 5.93. The smallest absolute Gasteiger partial charge is 0.168 e. The van der Waals surface area contributed by atoms with Crippen LogP contribution in [0.1, 0.15) is 50.6 Å². The lowest BCUT2D eigenvalue weighted by Crippen LogP contribution is -2.46. The van der Waals surface area contributed by atoms with Crippen molar-refractivity contribution in [3.63, 3.8) is 0 Å². The molecule has 1 aromatic heterocycles. The van der Waals surface area contributed by atoms with Gasteiger partial charge in [-0.05, 0) is 61.9 Å². The summed E-state index contributed by atoms with van der Waals surface area (Å²) in [5.74, 6) is -0.235. The summed E-state index contributed by atoms with van der Waals surface area (Å²) in [4.78, 5) is 7.25. The molecule has 1 atom stereocenters. The van der Waals surface area contributed by atoms with Crippen molar-refractivity contribution in [1.29, 1.82) is 0 Å². The van der Waals surface area contributed by atoms with Crippen LogP contribution in [-0.2, 0) is 11.3 Å². The Labute approximate surface area is 207 Å². The normalized spacial score (nSPS) is 19.4. The molecule has 4 rings (SSSR count). The highest BCUT2D eigenvalue weighted by molar-refractivity contribution is 7.98. The van der Waals surface area contributed by atoms with Gasteiger partial charge in [0, 0.05) is 50.7 Å². The molecule has 2 aliphatic rings. The number of benzene rings is 1. The molecule has 0 amide bonds.